The van der Waals surface area contributed by atoms with E-state index in [0.717, 1.165) is 32.4 Å². The summed E-state index contributed by atoms with van der Waals surface area (Å²) in [5.74, 6) is 0.933. The van der Waals surface area contributed by atoms with Crippen LogP contribution in [0.2, 0.25) is 0 Å². The van der Waals surface area contributed by atoms with Crippen molar-refractivity contribution < 1.29 is 9.53 Å². The number of carbonyl (C=O) groups excluding carboxylic acids is 1. The number of halogens is 1. The Morgan fingerprint density at radius 1 is 1.50 bits per heavy atom. The molecule has 0 aromatic heterocycles. The molecule has 2 atom stereocenters. The first kappa shape index (κ1) is 17.7. The third kappa shape index (κ3) is 5.55. The molecular weight excluding hydrogens is 252 g/mol. The Bertz CT molecular complexity index is 239. The maximum atomic E-state index is 12.1. The minimum atomic E-state index is 0. The third-order valence-corrected chi connectivity index (χ3v) is 3.45. The average Bonchev–Trinajstić information content (AvgIpc) is 2.34. The number of rotatable bonds is 6. The first-order chi connectivity index (χ1) is 8.19. The lowest BCUT2D eigenvalue weighted by Gasteiger charge is -2.38. The summed E-state index contributed by atoms with van der Waals surface area (Å²) in [5.41, 5.74) is 5.75. The lowest BCUT2D eigenvalue weighted by Crippen LogP contribution is -2.49. The Morgan fingerprint density at radius 2 is 2.22 bits per heavy atom. The molecule has 1 fully saturated rings. The fourth-order valence-corrected chi connectivity index (χ4v) is 2.42. The highest BCUT2D eigenvalue weighted by atomic mass is 35.5. The van der Waals surface area contributed by atoms with Crippen LogP contribution in [0.4, 0.5) is 0 Å². The van der Waals surface area contributed by atoms with Gasteiger partial charge in [0.25, 0.3) is 0 Å². The van der Waals surface area contributed by atoms with Crippen LogP contribution >= 0.6 is 12.4 Å². The van der Waals surface area contributed by atoms with Gasteiger partial charge in [0.15, 0.2) is 0 Å². The second-order valence-electron chi connectivity index (χ2n) is 4.91. The van der Waals surface area contributed by atoms with Crippen LogP contribution in [-0.2, 0) is 9.53 Å². The van der Waals surface area contributed by atoms with Gasteiger partial charge in [0.05, 0.1) is 0 Å². The van der Waals surface area contributed by atoms with Gasteiger partial charge >= 0.3 is 0 Å². The van der Waals surface area contributed by atoms with Crippen molar-refractivity contribution in [2.45, 2.75) is 45.6 Å². The van der Waals surface area contributed by atoms with Crippen molar-refractivity contribution >= 4 is 18.3 Å². The molecule has 1 rings (SSSR count). The molecule has 0 spiro atoms. The van der Waals surface area contributed by atoms with Gasteiger partial charge in [-0.25, -0.2) is 0 Å². The first-order valence-electron chi connectivity index (χ1n) is 6.76. The molecule has 108 valence electrons. The number of nitrogens with zero attached hydrogens (tertiary/aromatic N) is 1. The first-order valence-corrected chi connectivity index (χ1v) is 6.76. The van der Waals surface area contributed by atoms with E-state index in [1.54, 1.807) is 0 Å². The van der Waals surface area contributed by atoms with Gasteiger partial charge < -0.3 is 15.4 Å². The summed E-state index contributed by atoms with van der Waals surface area (Å²) in [6.07, 6.45) is 3.56. The van der Waals surface area contributed by atoms with Crippen molar-refractivity contribution in [1.82, 2.24) is 4.90 Å². The largest absolute Gasteiger partial charge is 0.382 e. The summed E-state index contributed by atoms with van der Waals surface area (Å²) in [6.45, 7) is 7.07. The lowest BCUT2D eigenvalue weighted by molar-refractivity contribution is -0.135. The number of hydrogen-bond acceptors (Lipinski definition) is 3. The van der Waals surface area contributed by atoms with Crippen LogP contribution in [0.5, 0.6) is 0 Å². The van der Waals surface area contributed by atoms with Crippen LogP contribution in [0.3, 0.4) is 0 Å². The van der Waals surface area contributed by atoms with Gasteiger partial charge in [-0.15, -0.1) is 12.4 Å². The fourth-order valence-electron chi connectivity index (χ4n) is 2.42. The summed E-state index contributed by atoms with van der Waals surface area (Å²) in [4.78, 5) is 14.0. The van der Waals surface area contributed by atoms with E-state index < -0.39 is 0 Å². The van der Waals surface area contributed by atoms with E-state index in [0.29, 0.717) is 25.5 Å². The summed E-state index contributed by atoms with van der Waals surface area (Å²) in [6, 6.07) is 0.248. The van der Waals surface area contributed by atoms with Crippen LogP contribution < -0.4 is 5.73 Å². The average molecular weight is 279 g/mol. The molecule has 1 heterocycles. The Kier molecular flexibility index (Phi) is 9.42. The SMILES string of the molecule is CCOCCCC(=O)N1CCC(C)CC1CN.Cl. The number of piperidine rings is 1. The highest BCUT2D eigenvalue weighted by molar-refractivity contribution is 5.85. The molecule has 0 bridgehead atoms. The van der Waals surface area contributed by atoms with Crippen LogP contribution in [0.25, 0.3) is 0 Å². The summed E-state index contributed by atoms with van der Waals surface area (Å²) in [5, 5.41) is 0. The Labute approximate surface area is 117 Å². The van der Waals surface area contributed by atoms with Crippen molar-refractivity contribution in [2.24, 2.45) is 11.7 Å². The monoisotopic (exact) mass is 278 g/mol. The van der Waals surface area contributed by atoms with E-state index in [9.17, 15) is 4.79 Å². The maximum absolute atomic E-state index is 12.1. The molecule has 1 aliphatic rings. The molecule has 18 heavy (non-hydrogen) atoms. The Hall–Kier alpha value is -0.320. The van der Waals surface area contributed by atoms with Crippen LogP contribution in [0.1, 0.15) is 39.5 Å². The van der Waals surface area contributed by atoms with Gasteiger partial charge in [-0.05, 0) is 32.1 Å². The van der Waals surface area contributed by atoms with E-state index >= 15 is 0 Å². The Morgan fingerprint density at radius 3 is 2.83 bits per heavy atom. The molecular formula is C13H27ClN2O2. The molecule has 1 saturated heterocycles. The fraction of sp³-hybridized carbons (Fsp3) is 0.923. The molecule has 0 saturated carbocycles. The molecule has 4 nitrogen and oxygen atoms in total. The number of amides is 1. The van der Waals surface area contributed by atoms with Crippen LogP contribution in [0.15, 0.2) is 0 Å². The number of carbonyl (C=O) groups is 1. The number of hydrogen-bond donors (Lipinski definition) is 1. The highest BCUT2D eigenvalue weighted by Gasteiger charge is 2.28. The van der Waals surface area contributed by atoms with E-state index in [4.69, 9.17) is 10.5 Å². The summed E-state index contributed by atoms with van der Waals surface area (Å²) >= 11 is 0. The molecule has 1 aliphatic heterocycles. The normalized spacial score (nSPS) is 23.6. The molecule has 0 aromatic carbocycles. The van der Waals surface area contributed by atoms with Crippen molar-refractivity contribution in [1.29, 1.82) is 0 Å². The molecule has 0 radical (unpaired) electrons. The predicted molar refractivity (Wildman–Crippen MR) is 75.9 cm³/mol. The van der Waals surface area contributed by atoms with Crippen LogP contribution in [-0.4, -0.2) is 43.2 Å². The summed E-state index contributed by atoms with van der Waals surface area (Å²) in [7, 11) is 0. The predicted octanol–water partition coefficient (Wildman–Crippen LogP) is 1.81. The highest BCUT2D eigenvalue weighted by Crippen LogP contribution is 2.22. The molecule has 5 heteroatoms. The number of likely N-dealkylation sites (tertiary alicyclic amines) is 1. The Balaban J connectivity index is 0.00000289. The van der Waals surface area contributed by atoms with Crippen molar-refractivity contribution in [3.63, 3.8) is 0 Å². The number of ether oxygens (including phenoxy) is 1. The lowest BCUT2D eigenvalue weighted by atomic mass is 9.92. The van der Waals surface area contributed by atoms with Crippen molar-refractivity contribution in [3.05, 3.63) is 0 Å². The van der Waals surface area contributed by atoms with Crippen LogP contribution in [0, 0.1) is 5.92 Å². The maximum Gasteiger partial charge on any atom is 0.222 e. The molecule has 2 N–H and O–H groups in total. The second-order valence-corrected chi connectivity index (χ2v) is 4.91. The van der Waals surface area contributed by atoms with Gasteiger partial charge in [0, 0.05) is 38.8 Å². The van der Waals surface area contributed by atoms with E-state index in [2.05, 4.69) is 6.92 Å². The van der Waals surface area contributed by atoms with E-state index in [1.807, 2.05) is 11.8 Å². The van der Waals surface area contributed by atoms with Gasteiger partial charge in [-0.3, -0.25) is 4.79 Å². The number of nitrogens with two attached hydrogens (primary N) is 1. The minimum absolute atomic E-state index is 0. The molecule has 2 unspecified atom stereocenters. The van der Waals surface area contributed by atoms with E-state index in [1.165, 1.54) is 0 Å². The second kappa shape index (κ2) is 9.59. The molecule has 0 aliphatic carbocycles. The zero-order valence-corrected chi connectivity index (χ0v) is 12.4. The molecule has 0 aromatic rings. The zero-order valence-electron chi connectivity index (χ0n) is 11.6. The third-order valence-electron chi connectivity index (χ3n) is 3.45. The van der Waals surface area contributed by atoms with Crippen molar-refractivity contribution in [3.8, 4) is 0 Å². The van der Waals surface area contributed by atoms with Gasteiger partial charge in [0.1, 0.15) is 0 Å². The summed E-state index contributed by atoms with van der Waals surface area (Å²) < 4.78 is 5.25. The smallest absolute Gasteiger partial charge is 0.222 e. The van der Waals surface area contributed by atoms with Gasteiger partial charge in [-0.2, -0.15) is 0 Å². The molecule has 1 amide bonds. The standard InChI is InChI=1S/C13H26N2O2.ClH/c1-3-17-8-4-5-13(16)15-7-6-11(2)9-12(15)10-14;/h11-12H,3-10,14H2,1-2H3;1H. The van der Waals surface area contributed by atoms with Gasteiger partial charge in [-0.1, -0.05) is 6.92 Å². The zero-order chi connectivity index (χ0) is 12.7. The quantitative estimate of drug-likeness (QED) is 0.754. The van der Waals surface area contributed by atoms with E-state index in [-0.39, 0.29) is 24.4 Å². The van der Waals surface area contributed by atoms with Crippen molar-refractivity contribution in [2.75, 3.05) is 26.3 Å². The minimum Gasteiger partial charge on any atom is -0.382 e. The van der Waals surface area contributed by atoms with Gasteiger partial charge in [0.2, 0.25) is 5.91 Å². The topological polar surface area (TPSA) is 55.6 Å².